The molecule has 0 fully saturated rings. The van der Waals surface area contributed by atoms with Crippen molar-refractivity contribution in [2.75, 3.05) is 0 Å². The molecule has 1 atom stereocenters. The molecule has 0 aromatic heterocycles. The molecule has 0 amide bonds. The molecule has 2 N–H and O–H groups in total. The van der Waals surface area contributed by atoms with Crippen LogP contribution in [-0.4, -0.2) is 12.3 Å². The van der Waals surface area contributed by atoms with Crippen LogP contribution in [-0.2, 0) is 4.79 Å². The summed E-state index contributed by atoms with van der Waals surface area (Å²) in [5.74, 6) is 0. The highest BCUT2D eigenvalue weighted by Gasteiger charge is 1.79. The Morgan fingerprint density at radius 3 is 3.00 bits per heavy atom. The predicted octanol–water partition coefficient (Wildman–Crippen LogP) is -0.468. The topological polar surface area (TPSA) is 43.1 Å². The van der Waals surface area contributed by atoms with Crippen LogP contribution >= 0.6 is 0 Å². The predicted molar refractivity (Wildman–Crippen MR) is 19.7 cm³/mol. The lowest BCUT2D eigenvalue weighted by atomic mass is 10.4. The van der Waals surface area contributed by atoms with Crippen LogP contribution in [0.5, 0.6) is 0 Å². The quantitative estimate of drug-likeness (QED) is 0.450. The highest BCUT2D eigenvalue weighted by atomic mass is 16.1. The normalized spacial score (nSPS) is 16.6. The molecule has 0 aliphatic rings. The van der Waals surface area contributed by atoms with Crippen molar-refractivity contribution in [3.8, 4) is 0 Å². The van der Waals surface area contributed by atoms with Crippen molar-refractivity contribution >= 4 is 6.29 Å². The zero-order chi connectivity index (χ0) is 4.99. The molecule has 0 aliphatic carbocycles. The third-order valence-electron chi connectivity index (χ3n) is 0.204. The number of hydrogen-bond acceptors (Lipinski definition) is 2. The first kappa shape index (κ1) is 2.85. The van der Waals surface area contributed by atoms with Crippen molar-refractivity contribution in [2.24, 2.45) is 5.73 Å². The summed E-state index contributed by atoms with van der Waals surface area (Å²) in [5.41, 5.74) is 2.00. The van der Waals surface area contributed by atoms with E-state index in [-0.39, 0.29) is 6.04 Å². The fourth-order valence-corrected chi connectivity index (χ4v) is 0. The molecule has 0 aromatic rings. The monoisotopic (exact) mass is 74.1 g/mol. The van der Waals surface area contributed by atoms with Crippen LogP contribution in [0.4, 0.5) is 0 Å². The Labute approximate surface area is 32.4 Å². The minimum Gasteiger partial charge on any atom is -0.322 e. The van der Waals surface area contributed by atoms with E-state index in [9.17, 15) is 4.79 Å². The highest BCUT2D eigenvalue weighted by Crippen LogP contribution is 1.55. The van der Waals surface area contributed by atoms with E-state index in [4.69, 9.17) is 1.41 Å². The van der Waals surface area contributed by atoms with Crippen LogP contribution in [0.2, 0.25) is 1.41 Å². The van der Waals surface area contributed by atoms with Gasteiger partial charge in [0.1, 0.15) is 7.70 Å². The molecular weight excluding hydrogens is 66.0 g/mol. The molecule has 0 bridgehead atoms. The first-order valence-electron chi connectivity index (χ1n) is 1.94. The second kappa shape index (κ2) is 1.91. The molecule has 0 saturated carbocycles. The summed E-state index contributed by atoms with van der Waals surface area (Å²) in [4.78, 5) is 9.55. The van der Waals surface area contributed by atoms with Crippen LogP contribution < -0.4 is 5.73 Å². The van der Waals surface area contributed by atoms with Crippen LogP contribution in [0.1, 0.15) is 6.92 Å². The van der Waals surface area contributed by atoms with Gasteiger partial charge >= 0.3 is 0 Å². The minimum atomic E-state index is -0.329. The van der Waals surface area contributed by atoms with Gasteiger partial charge < -0.3 is 10.5 Å². The summed E-state index contributed by atoms with van der Waals surface area (Å²) in [5, 5.41) is 0. The van der Waals surface area contributed by atoms with Crippen molar-refractivity contribution in [1.82, 2.24) is 0 Å². The Morgan fingerprint density at radius 2 is 3.00 bits per heavy atom. The molecule has 0 rings (SSSR count). The molecule has 2 heteroatoms. The smallest absolute Gasteiger partial charge is 0.136 e. The average Bonchev–Trinajstić information content (AvgIpc) is 1.65. The Hall–Kier alpha value is -0.370. The first-order chi connectivity index (χ1) is 2.81. The summed E-state index contributed by atoms with van der Waals surface area (Å²) in [7, 11) is 0. The molecule has 0 saturated heterocycles. The van der Waals surface area contributed by atoms with E-state index in [1.807, 2.05) is 5.73 Å². The van der Waals surface area contributed by atoms with Gasteiger partial charge in [0.15, 0.2) is 0 Å². The molecule has 2 nitrogen and oxygen atoms in total. The van der Waals surface area contributed by atoms with Gasteiger partial charge in [-0.25, -0.2) is 0 Å². The Bertz CT molecular complexity index is 48.1. The Morgan fingerprint density at radius 1 is 2.40 bits per heavy atom. The molecule has 30 valence electrons. The molecule has 5 heavy (non-hydrogen) atoms. The van der Waals surface area contributed by atoms with Gasteiger partial charge in [0.25, 0.3) is 0 Å². The first-order valence-corrected chi connectivity index (χ1v) is 1.44. The fraction of sp³-hybridized carbons (Fsp3) is 0.667. The van der Waals surface area contributed by atoms with Crippen molar-refractivity contribution in [3.05, 3.63) is 0 Å². The van der Waals surface area contributed by atoms with Crippen LogP contribution in [0.15, 0.2) is 0 Å². The standard InChI is InChI=1S/C3H7NO/c1-3(4)2-5/h2-3H,4H2,1H3/i/hD. The Kier molecular flexibility index (Phi) is 1.08. The molecule has 0 heterocycles. The third-order valence-corrected chi connectivity index (χ3v) is 0.204. The molecule has 0 aromatic carbocycles. The van der Waals surface area contributed by atoms with Crippen molar-refractivity contribution in [2.45, 2.75) is 13.0 Å². The van der Waals surface area contributed by atoms with Gasteiger partial charge in [-0.05, 0) is 6.92 Å². The third kappa shape index (κ3) is 3.63. The highest BCUT2D eigenvalue weighted by molar-refractivity contribution is 5.55. The summed E-state index contributed by atoms with van der Waals surface area (Å²) in [6.07, 6.45) is 0.674. The maximum Gasteiger partial charge on any atom is 0.136 e. The van der Waals surface area contributed by atoms with Crippen molar-refractivity contribution < 1.29 is 6.21 Å². The van der Waals surface area contributed by atoms with Gasteiger partial charge in [-0.2, -0.15) is 0 Å². The molecule has 1 unspecified atom stereocenters. The van der Waals surface area contributed by atoms with Crippen molar-refractivity contribution in [3.63, 3.8) is 0 Å². The summed E-state index contributed by atoms with van der Waals surface area (Å²) in [6.45, 7) is 1.61. The van der Waals surface area contributed by atoms with Crippen molar-refractivity contribution in [1.29, 1.82) is 0 Å². The average molecular weight is 74.1 g/mol. The van der Waals surface area contributed by atoms with E-state index in [1.165, 1.54) is 0 Å². The van der Waals surface area contributed by atoms with Gasteiger partial charge in [-0.15, -0.1) is 0 Å². The molecule has 0 aliphatic heterocycles. The maximum atomic E-state index is 9.55. The van der Waals surface area contributed by atoms with E-state index >= 15 is 0 Å². The maximum absolute atomic E-state index is 9.55. The lowest BCUT2D eigenvalue weighted by molar-refractivity contribution is -0.108. The van der Waals surface area contributed by atoms with E-state index in [1.54, 1.807) is 6.92 Å². The zero-order valence-electron chi connectivity index (χ0n) is 4.06. The Balaban J connectivity index is 2.96. The zero-order valence-corrected chi connectivity index (χ0v) is 3.06. The van der Waals surface area contributed by atoms with Crippen LogP contribution in [0, 0.1) is 0 Å². The number of carbonyl (C=O) groups excluding carboxylic acids is 1. The second-order valence-corrected chi connectivity index (χ2v) is 0.925. The molecule has 0 radical (unpaired) electrons. The summed E-state index contributed by atoms with van der Waals surface area (Å²) < 4.78 is 6.33. The van der Waals surface area contributed by atoms with Gasteiger partial charge in [0.05, 0.1) is 6.04 Å². The van der Waals surface area contributed by atoms with Gasteiger partial charge in [0, 0.05) is 0 Å². The second-order valence-electron chi connectivity index (χ2n) is 0.925. The molecular formula is C3H7NO. The van der Waals surface area contributed by atoms with E-state index in [0.717, 1.165) is 0 Å². The van der Waals surface area contributed by atoms with E-state index in [2.05, 4.69) is 0 Å². The summed E-state index contributed by atoms with van der Waals surface area (Å²) in [6, 6.07) is -0.329. The number of aldehydes is 1. The SMILES string of the molecule is [2H]NC(C)C=O. The number of carbonyl (C=O) groups is 1. The van der Waals surface area contributed by atoms with Crippen LogP contribution in [0.3, 0.4) is 0 Å². The van der Waals surface area contributed by atoms with Crippen LogP contribution in [0.25, 0.3) is 0 Å². The van der Waals surface area contributed by atoms with E-state index in [0.29, 0.717) is 6.29 Å². The van der Waals surface area contributed by atoms with Gasteiger partial charge in [0.2, 0.25) is 0 Å². The number of nitrogens with two attached hydrogens (primary N) is 1. The molecule has 0 spiro atoms. The number of hydrogen-bond donors (Lipinski definition) is 1. The van der Waals surface area contributed by atoms with E-state index < -0.39 is 0 Å². The lowest BCUT2D eigenvalue weighted by Gasteiger charge is -1.80. The largest absolute Gasteiger partial charge is 0.322 e. The fourth-order valence-electron chi connectivity index (χ4n) is 0. The minimum absolute atomic E-state index is 0.329. The summed E-state index contributed by atoms with van der Waals surface area (Å²) >= 11 is 0. The number of rotatable bonds is 2. The lowest BCUT2D eigenvalue weighted by Crippen LogP contribution is -2.15. The van der Waals surface area contributed by atoms with Gasteiger partial charge in [-0.1, -0.05) is 0 Å². The van der Waals surface area contributed by atoms with Gasteiger partial charge in [-0.3, -0.25) is 0 Å².